The monoisotopic (exact) mass is 693 g/mol. The summed E-state index contributed by atoms with van der Waals surface area (Å²) < 4.78 is 102. The van der Waals surface area contributed by atoms with Crippen molar-refractivity contribution in [1.82, 2.24) is 35.4 Å². The summed E-state index contributed by atoms with van der Waals surface area (Å²) in [4.78, 5) is 20.9. The van der Waals surface area contributed by atoms with Gasteiger partial charge in [0, 0.05) is 30.0 Å². The molecule has 17 heteroatoms. The van der Waals surface area contributed by atoms with Gasteiger partial charge in [0.15, 0.2) is 5.60 Å². The third-order valence-electron chi connectivity index (χ3n) is 9.18. The van der Waals surface area contributed by atoms with Crippen molar-refractivity contribution in [3.05, 3.63) is 95.8 Å². The Kier molecular flexibility index (Phi) is 8.87. The second-order valence-electron chi connectivity index (χ2n) is 12.1. The van der Waals surface area contributed by atoms with Crippen LogP contribution in [0.3, 0.4) is 0 Å². The first-order valence-electron chi connectivity index (χ1n) is 15.2. The Morgan fingerprint density at radius 2 is 1.59 bits per heavy atom. The lowest BCUT2D eigenvalue weighted by Crippen LogP contribution is -2.67. The number of H-pyrrole nitrogens is 1. The van der Waals surface area contributed by atoms with E-state index in [0.29, 0.717) is 48.4 Å². The molecule has 5 N–H and O–H groups in total. The third kappa shape index (κ3) is 6.21. The highest BCUT2D eigenvalue weighted by Gasteiger charge is 2.62. The fourth-order valence-electron chi connectivity index (χ4n) is 6.41. The molecule has 1 aliphatic carbocycles. The number of amides is 1. The normalized spacial score (nSPS) is 20.5. The summed E-state index contributed by atoms with van der Waals surface area (Å²) in [6.45, 7) is -1.64. The number of alkyl halides is 6. The molecule has 1 amide bonds. The van der Waals surface area contributed by atoms with Crippen LogP contribution >= 0.6 is 0 Å². The zero-order valence-electron chi connectivity index (χ0n) is 25.4. The van der Waals surface area contributed by atoms with E-state index in [1.807, 2.05) is 11.4 Å². The van der Waals surface area contributed by atoms with Gasteiger partial charge in [0.25, 0.3) is 0 Å². The van der Waals surface area contributed by atoms with Crippen molar-refractivity contribution in [3.63, 3.8) is 0 Å². The number of carbonyl (C=O) groups excluding carboxylic acids is 1. The van der Waals surface area contributed by atoms with Gasteiger partial charge in [-0.2, -0.15) is 26.3 Å². The fraction of sp³-hybridized carbons (Fsp3) is 0.375. The molecule has 3 atom stereocenters. The Labute approximate surface area is 273 Å². The van der Waals surface area contributed by atoms with Gasteiger partial charge in [-0.3, -0.25) is 10.1 Å². The van der Waals surface area contributed by atoms with Gasteiger partial charge in [0.1, 0.15) is 29.5 Å². The molecule has 1 saturated carbocycles. The molecule has 0 radical (unpaired) electrons. The van der Waals surface area contributed by atoms with Crippen LogP contribution in [0, 0.1) is 11.7 Å². The van der Waals surface area contributed by atoms with Crippen molar-refractivity contribution in [1.29, 1.82) is 0 Å². The fourth-order valence-corrected chi connectivity index (χ4v) is 6.41. The minimum atomic E-state index is -5.53. The van der Waals surface area contributed by atoms with Gasteiger partial charge in [0.05, 0.1) is 5.69 Å². The average Bonchev–Trinajstić information content (AvgIpc) is 3.73. The summed E-state index contributed by atoms with van der Waals surface area (Å²) in [5.41, 5.74) is -7.43. The van der Waals surface area contributed by atoms with Crippen LogP contribution in [0.25, 0.3) is 16.6 Å². The molecule has 1 aliphatic rings. The number of hydrogen-bond acceptors (Lipinski definition) is 7. The van der Waals surface area contributed by atoms with E-state index in [4.69, 9.17) is 0 Å². The SMILES string of the molecule is O=C(NC(NCC(O)(c1ccc(F)cc1)C(F)(F)F)C(O)(c1ccccc1)C(F)(F)F)C1CCC(c2nnn3cnc4[nH]ccc4c23)CC1. The van der Waals surface area contributed by atoms with E-state index < -0.39 is 65.0 Å². The molecular weight excluding hydrogens is 663 g/mol. The summed E-state index contributed by atoms with van der Waals surface area (Å²) in [6.07, 6.45) is -9.25. The second-order valence-corrected chi connectivity index (χ2v) is 12.1. The molecule has 0 bridgehead atoms. The maximum atomic E-state index is 14.8. The number of halogens is 7. The molecule has 260 valence electrons. The second kappa shape index (κ2) is 12.7. The molecule has 3 heterocycles. The van der Waals surface area contributed by atoms with E-state index in [-0.39, 0.29) is 18.8 Å². The quantitative estimate of drug-likeness (QED) is 0.109. The van der Waals surface area contributed by atoms with Crippen molar-refractivity contribution in [2.45, 2.75) is 61.3 Å². The smallest absolute Gasteiger partial charge is 0.375 e. The third-order valence-corrected chi connectivity index (χ3v) is 9.18. The number of benzene rings is 2. The lowest BCUT2D eigenvalue weighted by Gasteiger charge is -2.41. The highest BCUT2D eigenvalue weighted by molar-refractivity contribution is 5.92. The Bertz CT molecular complexity index is 1920. The highest BCUT2D eigenvalue weighted by atomic mass is 19.4. The van der Waals surface area contributed by atoms with Crippen molar-refractivity contribution >= 4 is 22.5 Å². The number of hydrogen-bond donors (Lipinski definition) is 5. The molecule has 3 aromatic heterocycles. The van der Waals surface area contributed by atoms with Crippen molar-refractivity contribution in [2.24, 2.45) is 5.92 Å². The van der Waals surface area contributed by atoms with Gasteiger partial charge in [-0.05, 0) is 55.0 Å². The van der Waals surface area contributed by atoms with Gasteiger partial charge in [0.2, 0.25) is 11.5 Å². The van der Waals surface area contributed by atoms with E-state index in [1.165, 1.54) is 29.0 Å². The van der Waals surface area contributed by atoms with Crippen molar-refractivity contribution < 1.29 is 45.7 Å². The number of nitrogens with zero attached hydrogens (tertiary/aromatic N) is 4. The lowest BCUT2D eigenvalue weighted by molar-refractivity contribution is -0.287. The minimum absolute atomic E-state index is 0.162. The molecule has 49 heavy (non-hydrogen) atoms. The van der Waals surface area contributed by atoms with Crippen LogP contribution in [0.5, 0.6) is 0 Å². The molecule has 3 unspecified atom stereocenters. The first-order chi connectivity index (χ1) is 23.1. The predicted octanol–water partition coefficient (Wildman–Crippen LogP) is 4.95. The number of aromatic amines is 1. The Balaban J connectivity index is 1.27. The van der Waals surface area contributed by atoms with Crippen LogP contribution in [0.15, 0.2) is 73.2 Å². The van der Waals surface area contributed by atoms with Gasteiger partial charge in [-0.1, -0.05) is 47.7 Å². The molecule has 10 nitrogen and oxygen atoms in total. The number of fused-ring (bicyclic) bond motifs is 3. The van der Waals surface area contributed by atoms with Gasteiger partial charge in [-0.25, -0.2) is 13.9 Å². The van der Waals surface area contributed by atoms with E-state index in [9.17, 15) is 45.7 Å². The number of carbonyl (C=O) groups is 1. The topological polar surface area (TPSA) is 140 Å². The standard InChI is InChI=1S/C32H30F7N7O3/c33-22-12-10-20(11-13-22)29(48,31(34,35)36)16-41-28(30(49,32(37,38)39)21-4-2-1-3-5-21)43-27(47)19-8-6-18(7-9-19)24-25-23-14-15-40-26(23)42-17-46(25)45-44-24/h1-5,10-15,17-19,28,40-41,48-49H,6-9,16H2,(H,43,47). The van der Waals surface area contributed by atoms with Gasteiger partial charge < -0.3 is 20.5 Å². The van der Waals surface area contributed by atoms with E-state index >= 15 is 0 Å². The minimum Gasteiger partial charge on any atom is -0.375 e. The van der Waals surface area contributed by atoms with E-state index in [2.05, 4.69) is 25.6 Å². The van der Waals surface area contributed by atoms with Crippen LogP contribution < -0.4 is 10.6 Å². The van der Waals surface area contributed by atoms with Crippen LogP contribution in [-0.2, 0) is 16.0 Å². The Hall–Kier alpha value is -4.61. The number of nitrogens with one attached hydrogen (secondary N) is 3. The van der Waals surface area contributed by atoms with Crippen LogP contribution in [0.4, 0.5) is 30.7 Å². The number of aromatic nitrogens is 5. The summed E-state index contributed by atoms with van der Waals surface area (Å²) >= 11 is 0. The molecule has 6 rings (SSSR count). The van der Waals surface area contributed by atoms with Crippen LogP contribution in [0.2, 0.25) is 0 Å². The first-order valence-corrected chi connectivity index (χ1v) is 15.2. The van der Waals surface area contributed by atoms with Gasteiger partial charge in [-0.15, -0.1) is 5.10 Å². The highest BCUT2D eigenvalue weighted by Crippen LogP contribution is 2.44. The average molecular weight is 694 g/mol. The predicted molar refractivity (Wildman–Crippen MR) is 160 cm³/mol. The summed E-state index contributed by atoms with van der Waals surface area (Å²) in [6, 6.07) is 9.96. The number of aliphatic hydroxyl groups is 2. The van der Waals surface area contributed by atoms with Crippen molar-refractivity contribution in [2.75, 3.05) is 6.54 Å². The molecule has 0 spiro atoms. The largest absolute Gasteiger partial charge is 0.424 e. The molecular formula is C32H30F7N7O3. The molecule has 2 aromatic carbocycles. The lowest BCUT2D eigenvalue weighted by atomic mass is 9.79. The maximum absolute atomic E-state index is 14.8. The molecule has 0 aliphatic heterocycles. The molecule has 0 saturated heterocycles. The van der Waals surface area contributed by atoms with Crippen LogP contribution in [0.1, 0.15) is 48.4 Å². The van der Waals surface area contributed by atoms with E-state index in [0.717, 1.165) is 23.0 Å². The number of rotatable bonds is 9. The van der Waals surface area contributed by atoms with Crippen LogP contribution in [-0.4, -0.2) is 66.0 Å². The van der Waals surface area contributed by atoms with Gasteiger partial charge >= 0.3 is 12.4 Å². The maximum Gasteiger partial charge on any atom is 0.424 e. The zero-order chi connectivity index (χ0) is 35.2. The summed E-state index contributed by atoms with van der Waals surface area (Å²) in [7, 11) is 0. The molecule has 5 aromatic rings. The Morgan fingerprint density at radius 1 is 0.918 bits per heavy atom. The summed E-state index contributed by atoms with van der Waals surface area (Å²) in [5, 5.41) is 35.5. The molecule has 1 fully saturated rings. The Morgan fingerprint density at radius 3 is 2.22 bits per heavy atom. The van der Waals surface area contributed by atoms with E-state index in [1.54, 1.807) is 6.20 Å². The zero-order valence-corrected chi connectivity index (χ0v) is 25.4. The summed E-state index contributed by atoms with van der Waals surface area (Å²) in [5.74, 6) is -2.89. The first kappa shape index (κ1) is 34.3. The van der Waals surface area contributed by atoms with Crippen molar-refractivity contribution in [3.8, 4) is 0 Å².